The van der Waals surface area contributed by atoms with Crippen molar-refractivity contribution in [1.29, 1.82) is 0 Å². The third-order valence-electron chi connectivity index (χ3n) is 4.10. The van der Waals surface area contributed by atoms with E-state index in [0.29, 0.717) is 25.4 Å². The van der Waals surface area contributed by atoms with Crippen LogP contribution in [0.3, 0.4) is 0 Å². The van der Waals surface area contributed by atoms with Gasteiger partial charge in [-0.25, -0.2) is 0 Å². The molecule has 4 heteroatoms. The van der Waals surface area contributed by atoms with E-state index in [1.54, 1.807) is 0 Å². The maximum absolute atomic E-state index is 12.1. The van der Waals surface area contributed by atoms with Crippen LogP contribution in [0.25, 0.3) is 0 Å². The Morgan fingerprint density at radius 1 is 1.20 bits per heavy atom. The van der Waals surface area contributed by atoms with Gasteiger partial charge in [0.15, 0.2) is 0 Å². The van der Waals surface area contributed by atoms with Gasteiger partial charge in [0.1, 0.15) is 5.75 Å². The van der Waals surface area contributed by atoms with Crippen molar-refractivity contribution < 1.29 is 9.53 Å². The first kappa shape index (κ1) is 19.5. The Morgan fingerprint density at radius 3 is 2.64 bits per heavy atom. The molecule has 2 aromatic rings. The zero-order valence-corrected chi connectivity index (χ0v) is 16.7. The summed E-state index contributed by atoms with van der Waals surface area (Å²) in [7, 11) is 0. The van der Waals surface area contributed by atoms with Crippen LogP contribution in [0.2, 0.25) is 0 Å². The third kappa shape index (κ3) is 5.89. The molecule has 134 valence electrons. The van der Waals surface area contributed by atoms with Gasteiger partial charge in [-0.15, -0.1) is 0 Å². The summed E-state index contributed by atoms with van der Waals surface area (Å²) >= 11 is 3.55. The average Bonchev–Trinajstić information content (AvgIpc) is 2.60. The Bertz CT molecular complexity index is 713. The molecular formula is C21H26BrNO2. The summed E-state index contributed by atoms with van der Waals surface area (Å²) in [5.41, 5.74) is 3.33. The highest BCUT2D eigenvalue weighted by Gasteiger charge is 2.08. The number of hydrogen-bond acceptors (Lipinski definition) is 2. The van der Waals surface area contributed by atoms with Gasteiger partial charge in [0.2, 0.25) is 5.91 Å². The van der Waals surface area contributed by atoms with E-state index in [1.165, 1.54) is 5.56 Å². The molecule has 0 aliphatic rings. The number of carbonyl (C=O) groups is 1. The summed E-state index contributed by atoms with van der Waals surface area (Å²) in [6.07, 6.45) is 2.03. The lowest BCUT2D eigenvalue weighted by Gasteiger charge is -2.12. The molecule has 0 aromatic heterocycles. The van der Waals surface area contributed by atoms with Crippen LogP contribution < -0.4 is 10.1 Å². The summed E-state index contributed by atoms with van der Waals surface area (Å²) < 4.78 is 6.75. The van der Waals surface area contributed by atoms with E-state index in [4.69, 9.17) is 4.74 Å². The molecule has 25 heavy (non-hydrogen) atoms. The molecule has 0 aliphatic carbocycles. The number of ether oxygens (including phenoxy) is 1. The monoisotopic (exact) mass is 403 g/mol. The highest BCUT2D eigenvalue weighted by Crippen LogP contribution is 2.29. The van der Waals surface area contributed by atoms with Crippen molar-refractivity contribution in [2.45, 2.75) is 46.0 Å². The zero-order valence-electron chi connectivity index (χ0n) is 15.1. The molecule has 0 heterocycles. The Kier molecular flexibility index (Phi) is 7.51. The first-order chi connectivity index (χ1) is 12.0. The van der Waals surface area contributed by atoms with Crippen LogP contribution in [0.5, 0.6) is 5.75 Å². The van der Waals surface area contributed by atoms with Crippen molar-refractivity contribution in [3.8, 4) is 5.75 Å². The molecule has 3 nitrogen and oxygen atoms in total. The van der Waals surface area contributed by atoms with E-state index < -0.39 is 0 Å². The smallest absolute Gasteiger partial charge is 0.224 e. The van der Waals surface area contributed by atoms with Gasteiger partial charge in [-0.1, -0.05) is 45.0 Å². The summed E-state index contributed by atoms with van der Waals surface area (Å²) in [5.74, 6) is 1.33. The molecule has 2 rings (SSSR count). The largest absolute Gasteiger partial charge is 0.492 e. The van der Waals surface area contributed by atoms with Gasteiger partial charge in [0.05, 0.1) is 11.1 Å². The lowest BCUT2D eigenvalue weighted by atomic mass is 10.0. The molecule has 0 aliphatic heterocycles. The minimum absolute atomic E-state index is 0.0266. The molecule has 0 fully saturated rings. The normalized spacial score (nSPS) is 10.8. The summed E-state index contributed by atoms with van der Waals surface area (Å²) in [5, 5.41) is 2.99. The van der Waals surface area contributed by atoms with Crippen molar-refractivity contribution >= 4 is 27.5 Å². The summed E-state index contributed by atoms with van der Waals surface area (Å²) in [4.78, 5) is 12.1. The maximum atomic E-state index is 12.1. The number of para-hydroxylation sites is 1. The van der Waals surface area contributed by atoms with Crippen LogP contribution in [0.4, 0.5) is 5.69 Å². The third-order valence-corrected chi connectivity index (χ3v) is 4.72. The first-order valence-electron chi connectivity index (χ1n) is 8.81. The molecule has 1 N–H and O–H groups in total. The highest BCUT2D eigenvalue weighted by molar-refractivity contribution is 9.10. The van der Waals surface area contributed by atoms with E-state index in [-0.39, 0.29) is 5.91 Å². The van der Waals surface area contributed by atoms with Crippen molar-refractivity contribution in [3.63, 3.8) is 0 Å². The van der Waals surface area contributed by atoms with Crippen LogP contribution in [-0.2, 0) is 11.2 Å². The standard InChI is InChI=1S/C21H26BrNO2/c1-4-16-8-5-6-9-19(16)23-21(24)10-7-13-25-20-12-11-17(15(2)3)14-18(20)22/h5-6,8-9,11-12,14-15H,4,7,10,13H2,1-3H3,(H,23,24). The number of halogens is 1. The molecule has 2 aromatic carbocycles. The number of hydrogen-bond donors (Lipinski definition) is 1. The van der Waals surface area contributed by atoms with Crippen molar-refractivity contribution in [3.05, 3.63) is 58.1 Å². The second kappa shape index (κ2) is 9.62. The van der Waals surface area contributed by atoms with Crippen LogP contribution in [0.15, 0.2) is 46.9 Å². The van der Waals surface area contributed by atoms with Gasteiger partial charge < -0.3 is 10.1 Å². The predicted octanol–water partition coefficient (Wildman–Crippen LogP) is 5.93. The Balaban J connectivity index is 1.78. The number of rotatable bonds is 8. The maximum Gasteiger partial charge on any atom is 0.224 e. The first-order valence-corrected chi connectivity index (χ1v) is 9.60. The van der Waals surface area contributed by atoms with E-state index in [1.807, 2.05) is 30.3 Å². The van der Waals surface area contributed by atoms with Crippen LogP contribution in [0, 0.1) is 0 Å². The van der Waals surface area contributed by atoms with Gasteiger partial charge >= 0.3 is 0 Å². The predicted molar refractivity (Wildman–Crippen MR) is 107 cm³/mol. The van der Waals surface area contributed by atoms with E-state index in [0.717, 1.165) is 27.9 Å². The van der Waals surface area contributed by atoms with Gasteiger partial charge in [-0.3, -0.25) is 4.79 Å². The average molecular weight is 404 g/mol. The van der Waals surface area contributed by atoms with Gasteiger partial charge in [-0.05, 0) is 64.0 Å². The highest BCUT2D eigenvalue weighted by atomic mass is 79.9. The molecule has 0 unspecified atom stereocenters. The molecule has 0 atom stereocenters. The molecule has 1 amide bonds. The van der Waals surface area contributed by atoms with Gasteiger partial charge in [0, 0.05) is 12.1 Å². The quantitative estimate of drug-likeness (QED) is 0.554. The second-order valence-corrected chi connectivity index (χ2v) is 7.21. The zero-order chi connectivity index (χ0) is 18.2. The Hall–Kier alpha value is -1.81. The van der Waals surface area contributed by atoms with Crippen LogP contribution >= 0.6 is 15.9 Å². The fourth-order valence-corrected chi connectivity index (χ4v) is 3.08. The molecule has 0 saturated carbocycles. The Morgan fingerprint density at radius 2 is 1.96 bits per heavy atom. The fraction of sp³-hybridized carbons (Fsp3) is 0.381. The number of carbonyl (C=O) groups excluding carboxylic acids is 1. The molecule has 0 saturated heterocycles. The summed E-state index contributed by atoms with van der Waals surface area (Å²) in [6.45, 7) is 6.93. The minimum Gasteiger partial charge on any atom is -0.492 e. The minimum atomic E-state index is 0.0266. The second-order valence-electron chi connectivity index (χ2n) is 6.36. The summed E-state index contributed by atoms with van der Waals surface area (Å²) in [6, 6.07) is 14.1. The van der Waals surface area contributed by atoms with E-state index in [9.17, 15) is 4.79 Å². The topological polar surface area (TPSA) is 38.3 Å². The van der Waals surface area contributed by atoms with Crippen molar-refractivity contribution in [2.75, 3.05) is 11.9 Å². The van der Waals surface area contributed by atoms with Crippen LogP contribution in [0.1, 0.15) is 50.7 Å². The number of benzene rings is 2. The van der Waals surface area contributed by atoms with Gasteiger partial charge in [-0.2, -0.15) is 0 Å². The van der Waals surface area contributed by atoms with E-state index >= 15 is 0 Å². The van der Waals surface area contributed by atoms with Crippen LogP contribution in [-0.4, -0.2) is 12.5 Å². The van der Waals surface area contributed by atoms with Gasteiger partial charge in [0.25, 0.3) is 0 Å². The number of amides is 1. The van der Waals surface area contributed by atoms with E-state index in [2.05, 4.69) is 54.2 Å². The molecular weight excluding hydrogens is 378 g/mol. The lowest BCUT2D eigenvalue weighted by molar-refractivity contribution is -0.116. The molecule has 0 bridgehead atoms. The van der Waals surface area contributed by atoms with Crippen molar-refractivity contribution in [2.24, 2.45) is 0 Å². The number of anilines is 1. The molecule has 0 radical (unpaired) electrons. The molecule has 0 spiro atoms. The number of aryl methyl sites for hydroxylation is 1. The number of nitrogens with one attached hydrogen (secondary N) is 1. The lowest BCUT2D eigenvalue weighted by Crippen LogP contribution is -2.14. The SMILES string of the molecule is CCc1ccccc1NC(=O)CCCOc1ccc(C(C)C)cc1Br. The van der Waals surface area contributed by atoms with Crippen molar-refractivity contribution in [1.82, 2.24) is 0 Å². The fourth-order valence-electron chi connectivity index (χ4n) is 2.57. The Labute approximate surface area is 158 Å².